The van der Waals surface area contributed by atoms with Gasteiger partial charge in [-0.15, -0.1) is 11.3 Å². The lowest BCUT2D eigenvalue weighted by Crippen LogP contribution is -2.18. The van der Waals surface area contributed by atoms with Gasteiger partial charge < -0.3 is 10.2 Å². The van der Waals surface area contributed by atoms with Crippen LogP contribution < -0.4 is 10.2 Å². The van der Waals surface area contributed by atoms with E-state index >= 15 is 0 Å². The molecule has 3 heterocycles. The first-order valence-corrected chi connectivity index (χ1v) is 8.87. The maximum Gasteiger partial charge on any atom is 0.142 e. The summed E-state index contributed by atoms with van der Waals surface area (Å²) in [5, 5.41) is 4.71. The summed E-state index contributed by atoms with van der Waals surface area (Å²) in [6.07, 6.45) is 4.20. The molecule has 2 aromatic heterocycles. The van der Waals surface area contributed by atoms with Crippen LogP contribution >= 0.6 is 11.3 Å². The molecule has 23 heavy (non-hydrogen) atoms. The van der Waals surface area contributed by atoms with E-state index in [0.717, 1.165) is 34.8 Å². The average Bonchev–Trinajstić information content (AvgIpc) is 3.18. The molecule has 0 atom stereocenters. The van der Waals surface area contributed by atoms with Crippen molar-refractivity contribution in [2.45, 2.75) is 26.7 Å². The predicted octanol–water partition coefficient (Wildman–Crippen LogP) is 4.65. The van der Waals surface area contributed by atoms with Gasteiger partial charge in [0.05, 0.1) is 16.8 Å². The highest BCUT2D eigenvalue weighted by molar-refractivity contribution is 7.18. The third-order valence-electron chi connectivity index (χ3n) is 4.57. The van der Waals surface area contributed by atoms with Gasteiger partial charge in [-0.1, -0.05) is 12.1 Å². The molecule has 4 rings (SSSR count). The summed E-state index contributed by atoms with van der Waals surface area (Å²) in [6, 6.07) is 8.51. The highest BCUT2D eigenvalue weighted by atomic mass is 32.1. The molecule has 0 radical (unpaired) electrons. The molecule has 5 heteroatoms. The third-order valence-corrected chi connectivity index (χ3v) is 5.68. The highest BCUT2D eigenvalue weighted by Crippen LogP contribution is 2.36. The van der Waals surface area contributed by atoms with Crippen LogP contribution in [0.25, 0.3) is 10.2 Å². The van der Waals surface area contributed by atoms with E-state index in [9.17, 15) is 0 Å². The van der Waals surface area contributed by atoms with E-state index in [-0.39, 0.29) is 0 Å². The fourth-order valence-corrected chi connectivity index (χ4v) is 4.21. The Morgan fingerprint density at radius 3 is 2.70 bits per heavy atom. The molecule has 3 aromatic rings. The van der Waals surface area contributed by atoms with Gasteiger partial charge in [-0.3, -0.25) is 0 Å². The number of hydrogen-bond donors (Lipinski definition) is 1. The maximum absolute atomic E-state index is 4.51. The molecule has 1 aromatic carbocycles. The zero-order valence-corrected chi connectivity index (χ0v) is 14.3. The van der Waals surface area contributed by atoms with E-state index in [1.54, 1.807) is 17.7 Å². The molecule has 1 aliphatic heterocycles. The van der Waals surface area contributed by atoms with Crippen LogP contribution in [0, 0.1) is 13.8 Å². The average molecular weight is 324 g/mol. The smallest absolute Gasteiger partial charge is 0.142 e. The van der Waals surface area contributed by atoms with Crippen molar-refractivity contribution in [1.82, 2.24) is 9.97 Å². The second-order valence-electron chi connectivity index (χ2n) is 6.02. The largest absolute Gasteiger partial charge is 0.370 e. The molecule has 0 bridgehead atoms. The number of aryl methyl sites for hydroxylation is 2. The zero-order valence-electron chi connectivity index (χ0n) is 13.5. The second-order valence-corrected chi connectivity index (χ2v) is 7.23. The van der Waals surface area contributed by atoms with Gasteiger partial charge in [-0.05, 0) is 44.4 Å². The van der Waals surface area contributed by atoms with Crippen LogP contribution in [0.15, 0.2) is 30.6 Å². The van der Waals surface area contributed by atoms with Crippen molar-refractivity contribution in [2.75, 3.05) is 23.3 Å². The summed E-state index contributed by atoms with van der Waals surface area (Å²) in [5.74, 6) is 0.906. The normalized spacial score (nSPS) is 14.6. The Balaban J connectivity index is 1.77. The minimum Gasteiger partial charge on any atom is -0.370 e. The zero-order chi connectivity index (χ0) is 15.8. The van der Waals surface area contributed by atoms with E-state index in [4.69, 9.17) is 0 Å². The van der Waals surface area contributed by atoms with Crippen LogP contribution in [0.3, 0.4) is 0 Å². The molecule has 4 nitrogen and oxygen atoms in total. The number of nitrogens with zero attached hydrogens (tertiary/aromatic N) is 3. The van der Waals surface area contributed by atoms with Crippen molar-refractivity contribution in [3.05, 3.63) is 41.0 Å². The number of nitrogens with one attached hydrogen (secondary N) is 1. The third kappa shape index (κ3) is 2.55. The first kappa shape index (κ1) is 14.5. The Hall–Kier alpha value is -2.14. The van der Waals surface area contributed by atoms with Crippen LogP contribution in [0.1, 0.15) is 23.3 Å². The quantitative estimate of drug-likeness (QED) is 0.761. The van der Waals surface area contributed by atoms with Gasteiger partial charge in [0, 0.05) is 18.0 Å². The summed E-state index contributed by atoms with van der Waals surface area (Å²) in [6.45, 7) is 6.56. The van der Waals surface area contributed by atoms with Crippen LogP contribution in [-0.2, 0) is 0 Å². The Kier molecular flexibility index (Phi) is 3.65. The molecule has 0 spiro atoms. The van der Waals surface area contributed by atoms with E-state index in [1.807, 2.05) is 0 Å². The van der Waals surface area contributed by atoms with Gasteiger partial charge in [0.2, 0.25) is 0 Å². The van der Waals surface area contributed by atoms with E-state index in [0.29, 0.717) is 0 Å². The summed E-state index contributed by atoms with van der Waals surface area (Å²) in [5.41, 5.74) is 3.66. The summed E-state index contributed by atoms with van der Waals surface area (Å²) >= 11 is 1.73. The molecular weight excluding hydrogens is 304 g/mol. The Morgan fingerprint density at radius 1 is 1.09 bits per heavy atom. The summed E-state index contributed by atoms with van der Waals surface area (Å²) < 4.78 is 0. The van der Waals surface area contributed by atoms with Crippen LogP contribution in [-0.4, -0.2) is 23.1 Å². The number of benzene rings is 1. The predicted molar refractivity (Wildman–Crippen MR) is 98.1 cm³/mol. The van der Waals surface area contributed by atoms with Crippen molar-refractivity contribution in [3.8, 4) is 0 Å². The Labute approximate surface area is 140 Å². The number of rotatable bonds is 3. The number of anilines is 3. The minimum atomic E-state index is 0.906. The van der Waals surface area contributed by atoms with E-state index in [2.05, 4.69) is 58.3 Å². The highest BCUT2D eigenvalue weighted by Gasteiger charge is 2.17. The molecule has 0 saturated carbocycles. The van der Waals surface area contributed by atoms with Crippen LogP contribution in [0.5, 0.6) is 0 Å². The topological polar surface area (TPSA) is 41.1 Å². The number of aromatic nitrogens is 2. The molecule has 0 amide bonds. The fourth-order valence-electron chi connectivity index (χ4n) is 3.22. The fraction of sp³-hybridized carbons (Fsp3) is 0.333. The van der Waals surface area contributed by atoms with Gasteiger partial charge >= 0.3 is 0 Å². The van der Waals surface area contributed by atoms with Gasteiger partial charge in [-0.2, -0.15) is 0 Å². The molecular formula is C18H20N4S. The van der Waals surface area contributed by atoms with Crippen molar-refractivity contribution in [2.24, 2.45) is 0 Å². The number of para-hydroxylation sites is 2. The van der Waals surface area contributed by atoms with Crippen LogP contribution in [0.4, 0.5) is 17.2 Å². The lowest BCUT2D eigenvalue weighted by molar-refractivity contribution is 0.949. The van der Waals surface area contributed by atoms with Gasteiger partial charge in [0.15, 0.2) is 0 Å². The number of hydrogen-bond acceptors (Lipinski definition) is 5. The van der Waals surface area contributed by atoms with Crippen molar-refractivity contribution in [3.63, 3.8) is 0 Å². The number of fused-ring (bicyclic) bond motifs is 1. The number of thiophene rings is 1. The molecule has 1 fully saturated rings. The SMILES string of the molecule is Cc1sc2ncnc(Nc3ccccc3N3CCCC3)c2c1C. The second kappa shape index (κ2) is 5.81. The minimum absolute atomic E-state index is 0.906. The van der Waals surface area contributed by atoms with Crippen LogP contribution in [0.2, 0.25) is 0 Å². The standard InChI is InChI=1S/C18H20N4S/c1-12-13(2)23-18-16(12)17(19-11-20-18)21-14-7-3-4-8-15(14)22-9-5-6-10-22/h3-4,7-8,11H,5-6,9-10H2,1-2H3,(H,19,20,21). The molecule has 0 aliphatic carbocycles. The van der Waals surface area contributed by atoms with E-state index in [1.165, 1.54) is 29.0 Å². The monoisotopic (exact) mass is 324 g/mol. The first-order valence-electron chi connectivity index (χ1n) is 8.06. The summed E-state index contributed by atoms with van der Waals surface area (Å²) in [7, 11) is 0. The van der Waals surface area contributed by atoms with Gasteiger partial charge in [0.25, 0.3) is 0 Å². The molecule has 1 N–H and O–H groups in total. The van der Waals surface area contributed by atoms with E-state index < -0.39 is 0 Å². The molecule has 1 saturated heterocycles. The Bertz CT molecular complexity index is 849. The first-order chi connectivity index (χ1) is 11.2. The van der Waals surface area contributed by atoms with Gasteiger partial charge in [0.1, 0.15) is 17.0 Å². The van der Waals surface area contributed by atoms with Crippen molar-refractivity contribution < 1.29 is 0 Å². The van der Waals surface area contributed by atoms with Gasteiger partial charge in [-0.25, -0.2) is 9.97 Å². The van der Waals surface area contributed by atoms with Crippen molar-refractivity contribution >= 4 is 38.7 Å². The molecule has 1 aliphatic rings. The van der Waals surface area contributed by atoms with Crippen molar-refractivity contribution in [1.29, 1.82) is 0 Å². The Morgan fingerprint density at radius 2 is 1.87 bits per heavy atom. The maximum atomic E-state index is 4.51. The lowest BCUT2D eigenvalue weighted by atomic mass is 10.2. The summed E-state index contributed by atoms with van der Waals surface area (Å²) in [4.78, 5) is 13.7. The lowest BCUT2D eigenvalue weighted by Gasteiger charge is -2.22. The molecule has 0 unspecified atom stereocenters. The molecule has 118 valence electrons.